The lowest BCUT2D eigenvalue weighted by molar-refractivity contribution is 0.217. The van der Waals surface area contributed by atoms with E-state index in [1.165, 1.54) is 11.1 Å². The highest BCUT2D eigenvalue weighted by molar-refractivity contribution is 5.72. The summed E-state index contributed by atoms with van der Waals surface area (Å²) in [6, 6.07) is 8.12. The number of carbonyl (C=O) groups is 1. The van der Waals surface area contributed by atoms with E-state index in [1.54, 1.807) is 0 Å². The Kier molecular flexibility index (Phi) is 2.88. The summed E-state index contributed by atoms with van der Waals surface area (Å²) in [5.41, 5.74) is 7.94. The fourth-order valence-electron chi connectivity index (χ4n) is 3.10. The number of nitrogens with two attached hydrogens (primary N) is 1. The van der Waals surface area contributed by atoms with Gasteiger partial charge in [-0.15, -0.1) is 0 Å². The van der Waals surface area contributed by atoms with Gasteiger partial charge in [0, 0.05) is 11.5 Å². The summed E-state index contributed by atoms with van der Waals surface area (Å²) >= 11 is 0. The van der Waals surface area contributed by atoms with Crippen molar-refractivity contribution in [3.05, 3.63) is 35.4 Å². The third-order valence-corrected chi connectivity index (χ3v) is 4.25. The van der Waals surface area contributed by atoms with Gasteiger partial charge in [-0.05, 0) is 23.0 Å². The maximum atomic E-state index is 11.2. The van der Waals surface area contributed by atoms with Crippen LogP contribution in [0.3, 0.4) is 0 Å². The van der Waals surface area contributed by atoms with Gasteiger partial charge >= 0.3 is 6.03 Å². The van der Waals surface area contributed by atoms with Crippen molar-refractivity contribution in [2.24, 2.45) is 5.73 Å². The largest absolute Gasteiger partial charge is 0.352 e. The third-order valence-electron chi connectivity index (χ3n) is 4.25. The molecule has 0 radical (unpaired) electrons. The Morgan fingerprint density at radius 3 is 2.33 bits per heavy atom. The van der Waals surface area contributed by atoms with Crippen molar-refractivity contribution in [2.75, 3.05) is 0 Å². The predicted octanol–water partition coefficient (Wildman–Crippen LogP) is 2.68. The molecular formula is C15H22N2O. The number of fused-ring (bicyclic) bond motifs is 1. The van der Waals surface area contributed by atoms with Crippen LogP contribution < -0.4 is 11.1 Å². The number of rotatable bonds is 1. The molecule has 0 aliphatic heterocycles. The van der Waals surface area contributed by atoms with Crippen LogP contribution in [0.2, 0.25) is 0 Å². The van der Waals surface area contributed by atoms with Crippen LogP contribution in [-0.2, 0) is 10.8 Å². The molecule has 1 aromatic carbocycles. The zero-order valence-corrected chi connectivity index (χ0v) is 11.6. The number of carbonyl (C=O) groups excluding carboxylic acids is 1. The van der Waals surface area contributed by atoms with Crippen molar-refractivity contribution in [2.45, 2.75) is 51.0 Å². The van der Waals surface area contributed by atoms with Gasteiger partial charge in [-0.1, -0.05) is 52.0 Å². The number of urea groups is 1. The van der Waals surface area contributed by atoms with Gasteiger partial charge < -0.3 is 11.1 Å². The van der Waals surface area contributed by atoms with Crippen molar-refractivity contribution >= 4 is 6.03 Å². The lowest BCUT2D eigenvalue weighted by Gasteiger charge is -2.47. The van der Waals surface area contributed by atoms with Crippen LogP contribution in [0, 0.1) is 0 Å². The summed E-state index contributed by atoms with van der Waals surface area (Å²) in [6.07, 6.45) is 0.903. The van der Waals surface area contributed by atoms with E-state index in [-0.39, 0.29) is 16.9 Å². The number of hydrogen-bond donors (Lipinski definition) is 2. The Bertz CT molecular complexity index is 477. The van der Waals surface area contributed by atoms with E-state index in [9.17, 15) is 4.79 Å². The summed E-state index contributed by atoms with van der Waals surface area (Å²) in [7, 11) is 0. The first-order valence-electron chi connectivity index (χ1n) is 6.41. The lowest BCUT2D eigenvalue weighted by Crippen LogP contribution is -2.55. The second-order valence-corrected chi connectivity index (χ2v) is 6.42. The molecule has 1 atom stereocenters. The Hall–Kier alpha value is -1.51. The van der Waals surface area contributed by atoms with Crippen molar-refractivity contribution in [3.63, 3.8) is 0 Å². The standard InChI is InChI=1S/C15H22N2O/c1-14(2)9-12(17-13(16)18)15(3,4)11-8-6-5-7-10(11)14/h5-8,12H,9H2,1-4H3,(H3,16,17,18). The SMILES string of the molecule is CC1(C)CC(NC(N)=O)C(C)(C)c2ccccc21. The second kappa shape index (κ2) is 4.01. The van der Waals surface area contributed by atoms with E-state index in [4.69, 9.17) is 5.73 Å². The number of nitrogens with one attached hydrogen (secondary N) is 1. The monoisotopic (exact) mass is 246 g/mol. The normalized spacial score (nSPS) is 24.1. The molecule has 1 aromatic rings. The minimum Gasteiger partial charge on any atom is -0.352 e. The summed E-state index contributed by atoms with van der Waals surface area (Å²) < 4.78 is 0. The van der Waals surface area contributed by atoms with Crippen molar-refractivity contribution in [1.82, 2.24) is 5.32 Å². The Morgan fingerprint density at radius 1 is 1.22 bits per heavy atom. The van der Waals surface area contributed by atoms with E-state index >= 15 is 0 Å². The van der Waals surface area contributed by atoms with E-state index in [1.807, 2.05) is 0 Å². The van der Waals surface area contributed by atoms with E-state index in [2.05, 4.69) is 57.3 Å². The van der Waals surface area contributed by atoms with Crippen LogP contribution in [0.4, 0.5) is 4.79 Å². The van der Waals surface area contributed by atoms with Gasteiger partial charge in [0.1, 0.15) is 0 Å². The molecule has 3 N–H and O–H groups in total. The maximum absolute atomic E-state index is 11.2. The smallest absolute Gasteiger partial charge is 0.312 e. The molecule has 3 heteroatoms. The van der Waals surface area contributed by atoms with Crippen LogP contribution in [0.1, 0.15) is 45.2 Å². The van der Waals surface area contributed by atoms with Gasteiger partial charge in [0.05, 0.1) is 0 Å². The van der Waals surface area contributed by atoms with Crippen LogP contribution >= 0.6 is 0 Å². The molecule has 98 valence electrons. The molecule has 18 heavy (non-hydrogen) atoms. The van der Waals surface area contributed by atoms with E-state index < -0.39 is 6.03 Å². The second-order valence-electron chi connectivity index (χ2n) is 6.42. The quantitative estimate of drug-likeness (QED) is 0.786. The van der Waals surface area contributed by atoms with Crippen molar-refractivity contribution in [3.8, 4) is 0 Å². The molecule has 0 saturated heterocycles. The highest BCUT2D eigenvalue weighted by atomic mass is 16.2. The van der Waals surface area contributed by atoms with Gasteiger partial charge in [0.25, 0.3) is 0 Å². The highest BCUT2D eigenvalue weighted by Gasteiger charge is 2.44. The summed E-state index contributed by atoms with van der Waals surface area (Å²) in [5.74, 6) is 0. The van der Waals surface area contributed by atoms with Gasteiger partial charge in [0.2, 0.25) is 0 Å². The molecule has 0 heterocycles. The average molecular weight is 246 g/mol. The lowest BCUT2D eigenvalue weighted by atomic mass is 9.60. The van der Waals surface area contributed by atoms with Crippen LogP contribution in [0.25, 0.3) is 0 Å². The third kappa shape index (κ3) is 1.98. The molecule has 0 saturated carbocycles. The number of primary amides is 1. The topological polar surface area (TPSA) is 55.1 Å². The molecule has 1 aliphatic rings. The van der Waals surface area contributed by atoms with Gasteiger partial charge in [-0.2, -0.15) is 0 Å². The fourth-order valence-corrected chi connectivity index (χ4v) is 3.10. The van der Waals surface area contributed by atoms with Gasteiger partial charge in [-0.3, -0.25) is 0 Å². The Morgan fingerprint density at radius 2 is 1.78 bits per heavy atom. The summed E-state index contributed by atoms with van der Waals surface area (Å²) in [6.45, 7) is 8.77. The first-order chi connectivity index (χ1) is 8.25. The average Bonchev–Trinajstić information content (AvgIpc) is 2.26. The first kappa shape index (κ1) is 12.9. The summed E-state index contributed by atoms with van der Waals surface area (Å²) in [4.78, 5) is 11.2. The van der Waals surface area contributed by atoms with Crippen molar-refractivity contribution in [1.29, 1.82) is 0 Å². The Labute approximate surface area is 109 Å². The van der Waals surface area contributed by atoms with Crippen molar-refractivity contribution < 1.29 is 4.79 Å². The zero-order chi connectivity index (χ0) is 13.6. The molecule has 1 aliphatic carbocycles. The Balaban J connectivity index is 2.52. The number of amides is 2. The predicted molar refractivity (Wildman–Crippen MR) is 73.6 cm³/mol. The molecule has 0 fully saturated rings. The minimum absolute atomic E-state index is 0.0548. The van der Waals surface area contributed by atoms with Crippen LogP contribution in [0.15, 0.2) is 24.3 Å². The molecule has 1 unspecified atom stereocenters. The zero-order valence-electron chi connectivity index (χ0n) is 11.6. The highest BCUT2D eigenvalue weighted by Crippen LogP contribution is 2.45. The number of hydrogen-bond acceptors (Lipinski definition) is 1. The van der Waals surface area contributed by atoms with E-state index in [0.29, 0.717) is 0 Å². The molecule has 0 aromatic heterocycles. The molecule has 0 bridgehead atoms. The minimum atomic E-state index is -0.441. The fraction of sp³-hybridized carbons (Fsp3) is 0.533. The first-order valence-corrected chi connectivity index (χ1v) is 6.41. The van der Waals surface area contributed by atoms with E-state index in [0.717, 1.165) is 6.42 Å². The molecule has 3 nitrogen and oxygen atoms in total. The van der Waals surface area contributed by atoms with Gasteiger partial charge in [-0.25, -0.2) is 4.79 Å². The maximum Gasteiger partial charge on any atom is 0.312 e. The van der Waals surface area contributed by atoms with Crippen LogP contribution in [-0.4, -0.2) is 12.1 Å². The summed E-state index contributed by atoms with van der Waals surface area (Å²) in [5, 5.41) is 2.91. The van der Waals surface area contributed by atoms with Crippen LogP contribution in [0.5, 0.6) is 0 Å². The molecular weight excluding hydrogens is 224 g/mol. The van der Waals surface area contributed by atoms with Gasteiger partial charge in [0.15, 0.2) is 0 Å². The molecule has 0 spiro atoms. The number of benzene rings is 1. The molecule has 2 rings (SSSR count). The molecule has 2 amide bonds.